The molecule has 0 aromatic heterocycles. The van der Waals surface area contributed by atoms with Gasteiger partial charge in [0.2, 0.25) is 0 Å². The first kappa shape index (κ1) is 25.2. The summed E-state index contributed by atoms with van der Waals surface area (Å²) in [7, 11) is 0. The predicted octanol–water partition coefficient (Wildman–Crippen LogP) is 8.23. The van der Waals surface area contributed by atoms with Crippen LogP contribution in [0.2, 0.25) is 0 Å². The highest BCUT2D eigenvalue weighted by atomic mass is 19.2. The fourth-order valence-corrected chi connectivity index (χ4v) is 3.98. The number of fused-ring (bicyclic) bond motifs is 1. The Hall–Kier alpha value is -3.91. The minimum atomic E-state index is -1.55. The molecule has 0 atom stereocenters. The van der Waals surface area contributed by atoms with Gasteiger partial charge in [0.25, 0.3) is 0 Å². The van der Waals surface area contributed by atoms with Gasteiger partial charge in [-0.2, -0.15) is 0 Å². The molecule has 0 saturated heterocycles. The number of halogens is 5. The summed E-state index contributed by atoms with van der Waals surface area (Å²) in [6.07, 6.45) is 7.22. The quantitative estimate of drug-likeness (QED) is 0.111. The smallest absolute Gasteiger partial charge is 0.195 e. The number of hydrogen-bond acceptors (Lipinski definition) is 0. The first-order valence-corrected chi connectivity index (χ1v) is 11.6. The third-order valence-electron chi connectivity index (χ3n) is 5.97. The number of hydrogen-bond donors (Lipinski definition) is 0. The number of allylic oxidation sites excluding steroid dienone is 2. The van der Waals surface area contributed by atoms with Gasteiger partial charge in [-0.3, -0.25) is 0 Å². The van der Waals surface area contributed by atoms with Crippen molar-refractivity contribution in [1.29, 1.82) is 0 Å². The summed E-state index contributed by atoms with van der Waals surface area (Å²) in [6, 6.07) is 15.6. The van der Waals surface area contributed by atoms with E-state index < -0.39 is 29.1 Å². The molecule has 4 rings (SSSR count). The van der Waals surface area contributed by atoms with Gasteiger partial charge in [0.1, 0.15) is 11.6 Å². The Balaban J connectivity index is 1.47. The highest BCUT2D eigenvalue weighted by Crippen LogP contribution is 2.24. The molecule has 0 amide bonds. The molecule has 0 heterocycles. The number of benzene rings is 4. The van der Waals surface area contributed by atoms with Crippen LogP contribution < -0.4 is 0 Å². The molecule has 0 unspecified atom stereocenters. The third kappa shape index (κ3) is 5.83. The van der Waals surface area contributed by atoms with E-state index in [-0.39, 0.29) is 21.9 Å². The summed E-state index contributed by atoms with van der Waals surface area (Å²) in [5.74, 6) is -0.649. The van der Waals surface area contributed by atoms with Gasteiger partial charge < -0.3 is 0 Å². The third-order valence-corrected chi connectivity index (χ3v) is 5.97. The molecule has 0 spiro atoms. The van der Waals surface area contributed by atoms with Gasteiger partial charge in [-0.15, -0.1) is 0 Å². The summed E-state index contributed by atoms with van der Waals surface area (Å²) in [5.41, 5.74) is 2.74. The normalized spacial score (nSPS) is 11.2. The van der Waals surface area contributed by atoms with Crippen molar-refractivity contribution in [3.05, 3.63) is 130 Å². The molecule has 0 fully saturated rings. The maximum absolute atomic E-state index is 14.7. The molecule has 0 aliphatic carbocycles. The highest BCUT2D eigenvalue weighted by molar-refractivity contribution is 5.84. The highest BCUT2D eigenvalue weighted by Gasteiger charge is 2.14. The fourth-order valence-electron chi connectivity index (χ4n) is 3.98. The molecule has 4 aromatic rings. The van der Waals surface area contributed by atoms with Crippen molar-refractivity contribution in [3.63, 3.8) is 0 Å². The number of rotatable bonds is 6. The maximum atomic E-state index is 14.7. The van der Waals surface area contributed by atoms with Gasteiger partial charge >= 0.3 is 0 Å². The molecule has 0 radical (unpaired) electrons. The van der Waals surface area contributed by atoms with Crippen LogP contribution in [0.5, 0.6) is 0 Å². The van der Waals surface area contributed by atoms with E-state index in [9.17, 15) is 22.0 Å². The van der Waals surface area contributed by atoms with Crippen LogP contribution in [-0.2, 0) is 19.3 Å². The average molecular weight is 491 g/mol. The first-order chi connectivity index (χ1) is 17.4. The summed E-state index contributed by atoms with van der Waals surface area (Å²) in [4.78, 5) is 0. The van der Waals surface area contributed by atoms with Crippen molar-refractivity contribution in [3.8, 4) is 11.8 Å². The Morgan fingerprint density at radius 3 is 1.94 bits per heavy atom. The van der Waals surface area contributed by atoms with Gasteiger partial charge in [-0.05, 0) is 85.0 Å². The van der Waals surface area contributed by atoms with E-state index in [0.717, 1.165) is 24.5 Å². The molecular formula is C31H23F5. The Bertz CT molecular complexity index is 1460. The molecule has 36 heavy (non-hydrogen) atoms. The molecule has 4 aromatic carbocycles. The van der Waals surface area contributed by atoms with Crippen LogP contribution >= 0.6 is 0 Å². The number of aryl methyl sites for hydroxylation is 3. The van der Waals surface area contributed by atoms with Crippen molar-refractivity contribution in [2.24, 2.45) is 0 Å². The van der Waals surface area contributed by atoms with Crippen molar-refractivity contribution in [1.82, 2.24) is 0 Å². The van der Waals surface area contributed by atoms with Gasteiger partial charge in [0, 0.05) is 10.9 Å². The Kier molecular flexibility index (Phi) is 7.85. The minimum Gasteiger partial charge on any atom is -0.206 e. The van der Waals surface area contributed by atoms with E-state index in [1.165, 1.54) is 35.9 Å². The largest absolute Gasteiger partial charge is 0.206 e. The van der Waals surface area contributed by atoms with E-state index in [2.05, 4.69) is 30.0 Å². The lowest BCUT2D eigenvalue weighted by Crippen LogP contribution is -1.98. The van der Waals surface area contributed by atoms with Gasteiger partial charge in [-0.25, -0.2) is 22.0 Å². The summed E-state index contributed by atoms with van der Waals surface area (Å²) >= 11 is 0. The van der Waals surface area contributed by atoms with E-state index in [1.807, 2.05) is 25.1 Å². The van der Waals surface area contributed by atoms with E-state index in [0.29, 0.717) is 18.4 Å². The zero-order valence-corrected chi connectivity index (χ0v) is 19.6. The van der Waals surface area contributed by atoms with E-state index in [4.69, 9.17) is 0 Å². The molecule has 5 heteroatoms. The molecule has 0 nitrogen and oxygen atoms in total. The van der Waals surface area contributed by atoms with Crippen molar-refractivity contribution >= 4 is 10.8 Å². The monoisotopic (exact) mass is 490 g/mol. The van der Waals surface area contributed by atoms with Gasteiger partial charge in [-0.1, -0.05) is 54.3 Å². The second-order valence-electron chi connectivity index (χ2n) is 8.53. The van der Waals surface area contributed by atoms with Crippen LogP contribution in [-0.4, -0.2) is 0 Å². The lowest BCUT2D eigenvalue weighted by molar-refractivity contribution is 0.453. The summed E-state index contributed by atoms with van der Waals surface area (Å²) in [6.45, 7) is 2.00. The van der Waals surface area contributed by atoms with Gasteiger partial charge in [0.05, 0.1) is 5.56 Å². The van der Waals surface area contributed by atoms with Crippen LogP contribution in [0.15, 0.2) is 72.8 Å². The van der Waals surface area contributed by atoms with E-state index in [1.54, 1.807) is 0 Å². The summed E-state index contributed by atoms with van der Waals surface area (Å²) < 4.78 is 70.1. The Morgan fingerprint density at radius 2 is 1.28 bits per heavy atom. The van der Waals surface area contributed by atoms with Gasteiger partial charge in [0.15, 0.2) is 17.5 Å². The van der Waals surface area contributed by atoms with Crippen molar-refractivity contribution in [2.75, 3.05) is 0 Å². The lowest BCUT2D eigenvalue weighted by Gasteiger charge is -2.06. The Labute approximate surface area is 207 Å². The molecule has 0 aliphatic rings. The minimum absolute atomic E-state index is 0.0975. The maximum Gasteiger partial charge on any atom is 0.195 e. The molecule has 182 valence electrons. The molecule has 0 aliphatic heterocycles. The zero-order valence-electron chi connectivity index (χ0n) is 19.6. The van der Waals surface area contributed by atoms with Crippen molar-refractivity contribution in [2.45, 2.75) is 32.6 Å². The van der Waals surface area contributed by atoms with E-state index >= 15 is 0 Å². The topological polar surface area (TPSA) is 0 Å². The molecule has 0 bridgehead atoms. The van der Waals surface area contributed by atoms with Crippen LogP contribution in [0.1, 0.15) is 41.2 Å². The molecular weight excluding hydrogens is 467 g/mol. The van der Waals surface area contributed by atoms with Crippen LogP contribution in [0.4, 0.5) is 22.0 Å². The zero-order chi connectivity index (χ0) is 25.7. The standard InChI is InChI=1S/C31H23F5/c1-2-3-4-5-20-6-8-21(9-7-20)10-11-23-17-27(32)26(28(33)18-23)15-13-22-12-14-25-24(16-22)19-29(34)31(36)30(25)35/h2-3,6-9,12,14,16-19H,4-5,10-11H2,1H3/b3-2+. The van der Waals surface area contributed by atoms with Crippen LogP contribution in [0.25, 0.3) is 10.8 Å². The predicted molar refractivity (Wildman–Crippen MR) is 133 cm³/mol. The lowest BCUT2D eigenvalue weighted by atomic mass is 10.0. The van der Waals surface area contributed by atoms with Crippen LogP contribution in [0, 0.1) is 40.9 Å². The Morgan fingerprint density at radius 1 is 0.639 bits per heavy atom. The van der Waals surface area contributed by atoms with Crippen molar-refractivity contribution < 1.29 is 22.0 Å². The summed E-state index contributed by atoms with van der Waals surface area (Å²) in [5, 5.41) is -0.00947. The molecule has 0 N–H and O–H groups in total. The SMILES string of the molecule is C/C=C/CCc1ccc(CCc2cc(F)c(C#Cc3ccc4c(F)c(F)c(F)cc4c3)c(F)c2)cc1. The average Bonchev–Trinajstić information content (AvgIpc) is 2.86. The first-order valence-electron chi connectivity index (χ1n) is 11.6. The second-order valence-corrected chi connectivity index (χ2v) is 8.53. The fraction of sp³-hybridized carbons (Fsp3) is 0.161. The van der Waals surface area contributed by atoms with Crippen LogP contribution in [0.3, 0.4) is 0 Å². The second kappa shape index (κ2) is 11.2. The molecule has 0 saturated carbocycles.